The van der Waals surface area contributed by atoms with Gasteiger partial charge in [0.05, 0.1) is 4.90 Å². The van der Waals surface area contributed by atoms with E-state index in [1.165, 1.54) is 37.4 Å². The first-order valence-electron chi connectivity index (χ1n) is 7.46. The van der Waals surface area contributed by atoms with E-state index >= 15 is 0 Å². The van der Waals surface area contributed by atoms with Gasteiger partial charge in [0.2, 0.25) is 16.8 Å². The molecule has 2 aliphatic heterocycles. The summed E-state index contributed by atoms with van der Waals surface area (Å²) in [7, 11) is -2.70. The maximum Gasteiger partial charge on any atom is 0.244 e. The van der Waals surface area contributed by atoms with Crippen LogP contribution in [-0.4, -0.2) is 44.2 Å². The molecule has 1 unspecified atom stereocenters. The lowest BCUT2D eigenvalue weighted by molar-refractivity contribution is 0.0784. The smallest absolute Gasteiger partial charge is 0.244 e. The second-order valence-corrected chi connectivity index (χ2v) is 7.68. The average molecular weight is 359 g/mol. The van der Waals surface area contributed by atoms with Gasteiger partial charge in [-0.1, -0.05) is 12.1 Å². The Morgan fingerprint density at radius 1 is 1.12 bits per heavy atom. The molecule has 0 saturated carbocycles. The van der Waals surface area contributed by atoms with Crippen molar-refractivity contribution >= 4 is 21.6 Å². The molecule has 0 spiro atoms. The molecule has 0 saturated heterocycles. The Kier molecular flexibility index (Phi) is 3.41. The summed E-state index contributed by atoms with van der Waals surface area (Å²) in [5, 5.41) is 0. The van der Waals surface area contributed by atoms with Gasteiger partial charge in [-0.2, -0.15) is 4.31 Å². The molecule has 25 heavy (non-hydrogen) atoms. The summed E-state index contributed by atoms with van der Waals surface area (Å²) in [6, 6.07) is 8.95. The minimum atomic E-state index is -3.93. The summed E-state index contributed by atoms with van der Waals surface area (Å²) >= 11 is 0. The van der Waals surface area contributed by atoms with E-state index in [0.717, 1.165) is 4.31 Å². The summed E-state index contributed by atoms with van der Waals surface area (Å²) in [6.07, 6.45) is 0. The summed E-state index contributed by atoms with van der Waals surface area (Å²) < 4.78 is 36.6. The molecule has 2 aromatic rings. The van der Waals surface area contributed by atoms with Crippen LogP contribution in [0.3, 0.4) is 0 Å². The molecular weight excluding hydrogens is 346 g/mol. The van der Waals surface area contributed by atoms with Gasteiger partial charge in [-0.05, 0) is 30.3 Å². The molecule has 7 nitrogen and oxygen atoms in total. The van der Waals surface area contributed by atoms with Gasteiger partial charge in [-0.3, -0.25) is 9.59 Å². The number of likely N-dealkylation sites (N-methyl/N-ethyl adjacent to an activating group) is 1. The van der Waals surface area contributed by atoms with Crippen molar-refractivity contribution in [2.75, 3.05) is 13.8 Å². The van der Waals surface area contributed by atoms with E-state index < -0.39 is 27.6 Å². The molecule has 0 fully saturated rings. The molecule has 0 amide bonds. The van der Waals surface area contributed by atoms with Crippen LogP contribution in [0.4, 0.5) is 0 Å². The summed E-state index contributed by atoms with van der Waals surface area (Å²) in [5.41, 5.74) is 0.212. The number of carbonyl (C=O) groups excluding carboxylic acids is 2. The van der Waals surface area contributed by atoms with E-state index in [4.69, 9.17) is 9.47 Å². The molecule has 0 radical (unpaired) electrons. The molecule has 1 atom stereocenters. The van der Waals surface area contributed by atoms with Crippen molar-refractivity contribution in [2.24, 2.45) is 0 Å². The highest BCUT2D eigenvalue weighted by Gasteiger charge is 2.45. The molecule has 8 heteroatoms. The number of carbonyl (C=O) groups is 2. The third-order valence-electron chi connectivity index (χ3n) is 4.33. The fraction of sp³-hybridized carbons (Fsp3) is 0.176. The Bertz CT molecular complexity index is 1010. The Labute approximate surface area is 143 Å². The first kappa shape index (κ1) is 15.8. The van der Waals surface area contributed by atoms with Crippen LogP contribution in [0.5, 0.6) is 11.5 Å². The number of sulfonamides is 1. The monoisotopic (exact) mass is 359 g/mol. The van der Waals surface area contributed by atoms with E-state index in [1.54, 1.807) is 12.1 Å². The largest absolute Gasteiger partial charge is 0.454 e. The average Bonchev–Trinajstić information content (AvgIpc) is 3.08. The van der Waals surface area contributed by atoms with Gasteiger partial charge in [-0.25, -0.2) is 8.42 Å². The molecule has 2 heterocycles. The minimum Gasteiger partial charge on any atom is -0.454 e. The van der Waals surface area contributed by atoms with Crippen LogP contribution in [0.1, 0.15) is 20.7 Å². The van der Waals surface area contributed by atoms with E-state index in [1.807, 2.05) is 0 Å². The normalized spacial score (nSPS) is 21.0. The zero-order chi connectivity index (χ0) is 17.8. The Hall–Kier alpha value is -2.71. The molecule has 0 N–H and O–H groups in total. The van der Waals surface area contributed by atoms with Crippen LogP contribution in [0, 0.1) is 0 Å². The number of benzene rings is 2. The van der Waals surface area contributed by atoms with Crippen molar-refractivity contribution in [3.8, 4) is 11.5 Å². The Morgan fingerprint density at radius 3 is 2.64 bits per heavy atom. The third-order valence-corrected chi connectivity index (χ3v) is 6.21. The molecule has 128 valence electrons. The number of rotatable bonds is 2. The van der Waals surface area contributed by atoms with Crippen LogP contribution in [0.15, 0.2) is 47.4 Å². The number of ether oxygens (including phenoxy) is 2. The highest BCUT2D eigenvalue weighted by molar-refractivity contribution is 7.89. The molecular formula is C17H13NO6S. The number of fused-ring (bicyclic) bond motifs is 2. The zero-order valence-electron chi connectivity index (χ0n) is 13.1. The van der Waals surface area contributed by atoms with Gasteiger partial charge in [0.15, 0.2) is 29.1 Å². The number of nitrogens with zero attached hydrogens (tertiary/aromatic N) is 1. The third kappa shape index (κ3) is 2.25. The van der Waals surface area contributed by atoms with Crippen molar-refractivity contribution in [1.82, 2.24) is 4.31 Å². The van der Waals surface area contributed by atoms with Gasteiger partial charge in [0, 0.05) is 18.2 Å². The van der Waals surface area contributed by atoms with Crippen molar-refractivity contribution in [3.63, 3.8) is 0 Å². The second kappa shape index (κ2) is 5.40. The predicted octanol–water partition coefficient (Wildman–Crippen LogP) is 1.48. The van der Waals surface area contributed by atoms with Gasteiger partial charge < -0.3 is 9.47 Å². The van der Waals surface area contributed by atoms with Crippen LogP contribution >= 0.6 is 0 Å². The number of hydrogen-bond donors (Lipinski definition) is 0. The molecule has 4 rings (SSSR count). The number of hydrogen-bond acceptors (Lipinski definition) is 6. The maximum absolute atomic E-state index is 12.9. The van der Waals surface area contributed by atoms with E-state index in [2.05, 4.69) is 0 Å². The summed E-state index contributed by atoms with van der Waals surface area (Å²) in [4.78, 5) is 25.6. The quantitative estimate of drug-likeness (QED) is 0.596. The fourth-order valence-corrected chi connectivity index (χ4v) is 4.47. The first-order valence-corrected chi connectivity index (χ1v) is 8.90. The standard InChI is InChI=1S/C17H13NO6S/c1-18-15(16(19)10-6-7-12-13(8-10)24-9-23-12)17(20)11-4-2-3-5-14(11)25(18,21)22/h2-8,15H,9H2,1H3. The molecule has 0 aliphatic carbocycles. The van der Waals surface area contributed by atoms with Crippen LogP contribution < -0.4 is 9.47 Å². The number of ketones is 2. The lowest BCUT2D eigenvalue weighted by Crippen LogP contribution is -2.51. The van der Waals surface area contributed by atoms with Gasteiger partial charge in [-0.15, -0.1) is 0 Å². The highest BCUT2D eigenvalue weighted by atomic mass is 32.2. The Balaban J connectivity index is 1.80. The topological polar surface area (TPSA) is 90.0 Å². The van der Waals surface area contributed by atoms with Crippen molar-refractivity contribution < 1.29 is 27.5 Å². The van der Waals surface area contributed by atoms with Crippen molar-refractivity contribution in [1.29, 1.82) is 0 Å². The van der Waals surface area contributed by atoms with Gasteiger partial charge in [0.1, 0.15) is 0 Å². The number of Topliss-reactive ketones (excluding diaryl/α,β-unsaturated/α-hetero) is 2. The van der Waals surface area contributed by atoms with E-state index in [-0.39, 0.29) is 22.8 Å². The van der Waals surface area contributed by atoms with E-state index in [0.29, 0.717) is 11.5 Å². The molecule has 0 aromatic heterocycles. The SMILES string of the molecule is CN1C(C(=O)c2ccc3c(c2)OCO3)C(=O)c2ccccc2S1(=O)=O. The van der Waals surface area contributed by atoms with Gasteiger partial charge >= 0.3 is 0 Å². The second-order valence-electron chi connectivity index (χ2n) is 5.72. The van der Waals surface area contributed by atoms with Crippen LogP contribution in [0.2, 0.25) is 0 Å². The van der Waals surface area contributed by atoms with Crippen molar-refractivity contribution in [2.45, 2.75) is 10.9 Å². The Morgan fingerprint density at radius 2 is 1.84 bits per heavy atom. The van der Waals surface area contributed by atoms with Gasteiger partial charge in [0.25, 0.3) is 0 Å². The lowest BCUT2D eigenvalue weighted by atomic mass is 9.96. The highest BCUT2D eigenvalue weighted by Crippen LogP contribution is 2.35. The molecule has 2 aromatic carbocycles. The maximum atomic E-state index is 12.9. The predicted molar refractivity (Wildman–Crippen MR) is 86.4 cm³/mol. The summed E-state index contributed by atoms with van der Waals surface area (Å²) in [6.45, 7) is 0.0526. The lowest BCUT2D eigenvalue weighted by Gasteiger charge is -2.31. The van der Waals surface area contributed by atoms with Crippen LogP contribution in [0.25, 0.3) is 0 Å². The van der Waals surface area contributed by atoms with Crippen LogP contribution in [-0.2, 0) is 10.0 Å². The van der Waals surface area contributed by atoms with E-state index in [9.17, 15) is 18.0 Å². The molecule has 0 bridgehead atoms. The zero-order valence-corrected chi connectivity index (χ0v) is 13.9. The minimum absolute atomic E-state index is 0.0275. The first-order chi connectivity index (χ1) is 11.9. The fourth-order valence-electron chi connectivity index (χ4n) is 2.99. The molecule has 2 aliphatic rings. The van der Waals surface area contributed by atoms with Crippen molar-refractivity contribution in [3.05, 3.63) is 53.6 Å². The summed E-state index contributed by atoms with van der Waals surface area (Å²) in [5.74, 6) is -0.266.